The molecule has 2 heteroatoms. The molecule has 0 saturated carbocycles. The van der Waals surface area contributed by atoms with Gasteiger partial charge in [0.15, 0.2) is 0 Å². The predicted molar refractivity (Wildman–Crippen MR) is 55.8 cm³/mol. The van der Waals surface area contributed by atoms with Crippen LogP contribution in [0.3, 0.4) is 0 Å². The van der Waals surface area contributed by atoms with Gasteiger partial charge < -0.3 is 10.1 Å². The molecule has 0 aromatic heterocycles. The Morgan fingerprint density at radius 2 is 2.15 bits per heavy atom. The Kier molecular flexibility index (Phi) is 5.87. The minimum atomic E-state index is 0.796. The molecule has 1 fully saturated rings. The molecule has 0 spiro atoms. The Morgan fingerprint density at radius 3 is 2.85 bits per heavy atom. The van der Waals surface area contributed by atoms with Crippen LogP contribution in [0, 0.1) is 5.92 Å². The fourth-order valence-corrected chi connectivity index (χ4v) is 1.63. The summed E-state index contributed by atoms with van der Waals surface area (Å²) in [6.45, 7) is 7.87. The lowest BCUT2D eigenvalue weighted by Crippen LogP contribution is -2.30. The second-order valence-electron chi connectivity index (χ2n) is 3.70. The van der Waals surface area contributed by atoms with Gasteiger partial charge >= 0.3 is 0 Å². The van der Waals surface area contributed by atoms with E-state index in [1.54, 1.807) is 0 Å². The van der Waals surface area contributed by atoms with Crippen molar-refractivity contribution >= 4 is 0 Å². The van der Waals surface area contributed by atoms with Crippen molar-refractivity contribution in [2.75, 3.05) is 26.3 Å². The maximum Gasteiger partial charge on any atom is 0.0495 e. The van der Waals surface area contributed by atoms with E-state index in [0.717, 1.165) is 32.0 Å². The fourth-order valence-electron chi connectivity index (χ4n) is 1.63. The van der Waals surface area contributed by atoms with Crippen LogP contribution in [-0.4, -0.2) is 26.3 Å². The molecule has 0 radical (unpaired) electrons. The third kappa shape index (κ3) is 5.06. The number of allylic oxidation sites excluding steroid dienone is 1. The lowest BCUT2D eigenvalue weighted by molar-refractivity contribution is 0.0866. The van der Waals surface area contributed by atoms with Crippen molar-refractivity contribution in [2.45, 2.75) is 25.7 Å². The van der Waals surface area contributed by atoms with Gasteiger partial charge in [0.25, 0.3) is 0 Å². The average molecular weight is 183 g/mol. The van der Waals surface area contributed by atoms with Gasteiger partial charge in [-0.2, -0.15) is 0 Å². The Balaban J connectivity index is 1.89. The van der Waals surface area contributed by atoms with Crippen LogP contribution in [0.5, 0.6) is 0 Å². The number of nitrogens with one attached hydrogen (secondary N) is 1. The molecule has 0 unspecified atom stereocenters. The van der Waals surface area contributed by atoms with Crippen LogP contribution in [0.4, 0.5) is 0 Å². The van der Waals surface area contributed by atoms with Gasteiger partial charge in [0.05, 0.1) is 0 Å². The summed E-state index contributed by atoms with van der Waals surface area (Å²) >= 11 is 0. The van der Waals surface area contributed by atoms with E-state index in [1.165, 1.54) is 25.9 Å². The van der Waals surface area contributed by atoms with Crippen molar-refractivity contribution in [3.8, 4) is 0 Å². The van der Waals surface area contributed by atoms with Gasteiger partial charge in [0.1, 0.15) is 0 Å². The van der Waals surface area contributed by atoms with Gasteiger partial charge in [0.2, 0.25) is 0 Å². The summed E-state index contributed by atoms with van der Waals surface area (Å²) in [6.07, 6.45) is 6.71. The van der Waals surface area contributed by atoms with Crippen molar-refractivity contribution in [2.24, 2.45) is 5.92 Å². The largest absolute Gasteiger partial charge is 0.381 e. The first kappa shape index (κ1) is 10.7. The zero-order valence-electron chi connectivity index (χ0n) is 8.43. The van der Waals surface area contributed by atoms with E-state index in [4.69, 9.17) is 4.74 Å². The molecule has 1 N–H and O–H groups in total. The molecule has 0 aromatic carbocycles. The quantitative estimate of drug-likeness (QED) is 0.502. The topological polar surface area (TPSA) is 21.3 Å². The summed E-state index contributed by atoms with van der Waals surface area (Å²) in [5.41, 5.74) is 0. The molecule has 2 nitrogen and oxygen atoms in total. The van der Waals surface area contributed by atoms with Crippen LogP contribution in [0.15, 0.2) is 12.7 Å². The monoisotopic (exact) mass is 183 g/mol. The molecule has 0 bridgehead atoms. The highest BCUT2D eigenvalue weighted by Gasteiger charge is 2.12. The van der Waals surface area contributed by atoms with Gasteiger partial charge in [0, 0.05) is 13.2 Å². The van der Waals surface area contributed by atoms with E-state index in [0.29, 0.717) is 0 Å². The van der Waals surface area contributed by atoms with Gasteiger partial charge in [-0.05, 0) is 44.7 Å². The number of piperidine rings is 1. The second-order valence-corrected chi connectivity index (χ2v) is 3.70. The first-order chi connectivity index (χ1) is 6.43. The summed E-state index contributed by atoms with van der Waals surface area (Å²) in [7, 11) is 0. The summed E-state index contributed by atoms with van der Waals surface area (Å²) in [6, 6.07) is 0. The molecule has 0 aliphatic carbocycles. The maximum atomic E-state index is 5.60. The number of unbranched alkanes of at least 4 members (excludes halogenated alkanes) is 1. The van der Waals surface area contributed by atoms with E-state index in [9.17, 15) is 0 Å². The van der Waals surface area contributed by atoms with E-state index in [1.807, 2.05) is 6.08 Å². The van der Waals surface area contributed by atoms with E-state index >= 15 is 0 Å². The van der Waals surface area contributed by atoms with Crippen molar-refractivity contribution in [1.29, 1.82) is 0 Å². The molecule has 1 rings (SSSR count). The molecule has 13 heavy (non-hydrogen) atoms. The highest BCUT2D eigenvalue weighted by molar-refractivity contribution is 4.68. The number of hydrogen-bond acceptors (Lipinski definition) is 2. The Morgan fingerprint density at radius 1 is 1.38 bits per heavy atom. The van der Waals surface area contributed by atoms with Gasteiger partial charge in [-0.25, -0.2) is 0 Å². The second kappa shape index (κ2) is 7.10. The third-order valence-electron chi connectivity index (χ3n) is 2.51. The third-order valence-corrected chi connectivity index (χ3v) is 2.51. The van der Waals surface area contributed by atoms with Crippen LogP contribution < -0.4 is 5.32 Å². The smallest absolute Gasteiger partial charge is 0.0495 e. The normalized spacial score (nSPS) is 18.8. The van der Waals surface area contributed by atoms with E-state index in [-0.39, 0.29) is 0 Å². The fraction of sp³-hybridized carbons (Fsp3) is 0.818. The van der Waals surface area contributed by atoms with Crippen LogP contribution in [0.2, 0.25) is 0 Å². The summed E-state index contributed by atoms with van der Waals surface area (Å²) < 4.78 is 5.60. The molecular weight excluding hydrogens is 162 g/mol. The zero-order valence-corrected chi connectivity index (χ0v) is 8.43. The standard InChI is InChI=1S/C11H21NO/c1-2-3-4-9-13-10-11-5-7-12-8-6-11/h2,11-12H,1,3-10H2. The maximum absolute atomic E-state index is 5.60. The Hall–Kier alpha value is -0.340. The van der Waals surface area contributed by atoms with Gasteiger partial charge in [-0.15, -0.1) is 6.58 Å². The lowest BCUT2D eigenvalue weighted by atomic mass is 9.99. The average Bonchev–Trinajstić information content (AvgIpc) is 2.19. The van der Waals surface area contributed by atoms with Crippen LogP contribution in [-0.2, 0) is 4.74 Å². The van der Waals surface area contributed by atoms with Crippen LogP contribution >= 0.6 is 0 Å². The van der Waals surface area contributed by atoms with E-state index in [2.05, 4.69) is 11.9 Å². The molecule has 76 valence electrons. The SMILES string of the molecule is C=CCCCOCC1CCNCC1. The van der Waals surface area contributed by atoms with Crippen molar-refractivity contribution in [3.63, 3.8) is 0 Å². The first-order valence-electron chi connectivity index (χ1n) is 5.33. The molecule has 0 atom stereocenters. The Labute approximate surface area is 81.4 Å². The van der Waals surface area contributed by atoms with Crippen LogP contribution in [0.25, 0.3) is 0 Å². The summed E-state index contributed by atoms with van der Waals surface area (Å²) in [4.78, 5) is 0. The molecular formula is C11H21NO. The molecule has 1 saturated heterocycles. The van der Waals surface area contributed by atoms with Gasteiger partial charge in [-0.3, -0.25) is 0 Å². The van der Waals surface area contributed by atoms with Crippen molar-refractivity contribution < 1.29 is 4.74 Å². The minimum absolute atomic E-state index is 0.796. The zero-order chi connectivity index (χ0) is 9.36. The van der Waals surface area contributed by atoms with Gasteiger partial charge in [-0.1, -0.05) is 6.08 Å². The number of rotatable bonds is 6. The first-order valence-corrected chi connectivity index (χ1v) is 5.33. The summed E-state index contributed by atoms with van der Waals surface area (Å²) in [5.74, 6) is 0.796. The lowest BCUT2D eigenvalue weighted by Gasteiger charge is -2.22. The summed E-state index contributed by atoms with van der Waals surface area (Å²) in [5, 5.41) is 3.36. The number of hydrogen-bond donors (Lipinski definition) is 1. The highest BCUT2D eigenvalue weighted by atomic mass is 16.5. The van der Waals surface area contributed by atoms with Crippen molar-refractivity contribution in [1.82, 2.24) is 5.32 Å². The molecule has 1 aliphatic rings. The molecule has 0 aromatic rings. The minimum Gasteiger partial charge on any atom is -0.381 e. The van der Waals surface area contributed by atoms with E-state index < -0.39 is 0 Å². The number of ether oxygens (including phenoxy) is 1. The van der Waals surface area contributed by atoms with Crippen molar-refractivity contribution in [3.05, 3.63) is 12.7 Å². The Bertz CT molecular complexity index is 130. The molecule has 1 aliphatic heterocycles. The predicted octanol–water partition coefficient (Wildman–Crippen LogP) is 1.97. The van der Waals surface area contributed by atoms with Crippen LogP contribution in [0.1, 0.15) is 25.7 Å². The molecule has 1 heterocycles. The molecule has 0 amide bonds. The highest BCUT2D eigenvalue weighted by Crippen LogP contribution is 2.11.